The van der Waals surface area contributed by atoms with E-state index in [0.717, 1.165) is 16.5 Å². The molecule has 3 aromatic rings. The van der Waals surface area contributed by atoms with Gasteiger partial charge in [-0.1, -0.05) is 13.8 Å². The Labute approximate surface area is 221 Å². The number of piperidine rings is 1. The Bertz CT molecular complexity index is 1450. The molecule has 204 valence electrons. The molecule has 0 bridgehead atoms. The quantitative estimate of drug-likeness (QED) is 0.459. The Morgan fingerprint density at radius 3 is 2.58 bits per heavy atom. The molecule has 2 aliphatic heterocycles. The number of sulfone groups is 1. The van der Waals surface area contributed by atoms with Crippen molar-refractivity contribution in [2.75, 3.05) is 60.4 Å². The highest BCUT2D eigenvalue weighted by Crippen LogP contribution is 2.38. The maximum atomic E-state index is 14.5. The van der Waals surface area contributed by atoms with E-state index in [4.69, 9.17) is 4.74 Å². The molecule has 10 nitrogen and oxygen atoms in total. The van der Waals surface area contributed by atoms with Gasteiger partial charge in [-0.2, -0.15) is 4.98 Å². The van der Waals surface area contributed by atoms with Crippen molar-refractivity contribution in [3.8, 4) is 5.75 Å². The number of aromatic nitrogens is 3. The number of aliphatic hydroxyl groups is 1. The standard InChI is InChI=1S/C26H33FN6O4S/c1-26(2)15-33(13-19(27)24(26)34)25-28-8-7-22(31-25)30-23-9-17-18(10-29-23)20(5-6-21(17)37-3)32-11-16(12-32)14-38(4,35)36/h5-10,16,19,24,34H,11-15H2,1-4H3,(H,28,29,30,31)/t19-,24-/m1/s1. The number of ether oxygens (including phenoxy) is 1. The van der Waals surface area contributed by atoms with Gasteiger partial charge in [0.1, 0.15) is 33.4 Å². The molecule has 0 spiro atoms. The first kappa shape index (κ1) is 26.4. The van der Waals surface area contributed by atoms with Crippen LogP contribution in [0.25, 0.3) is 10.8 Å². The van der Waals surface area contributed by atoms with Crippen LogP contribution >= 0.6 is 0 Å². The van der Waals surface area contributed by atoms with Crippen molar-refractivity contribution >= 4 is 43.9 Å². The van der Waals surface area contributed by atoms with E-state index in [1.165, 1.54) is 6.26 Å². The lowest BCUT2D eigenvalue weighted by molar-refractivity contribution is -0.0257. The van der Waals surface area contributed by atoms with Crippen molar-refractivity contribution in [3.05, 3.63) is 36.7 Å². The topological polar surface area (TPSA) is 121 Å². The maximum Gasteiger partial charge on any atom is 0.227 e. The number of pyridine rings is 1. The highest BCUT2D eigenvalue weighted by atomic mass is 32.2. The van der Waals surface area contributed by atoms with Gasteiger partial charge in [0.05, 0.1) is 25.5 Å². The molecular formula is C26H33FN6O4S. The molecule has 2 N–H and O–H groups in total. The summed E-state index contributed by atoms with van der Waals surface area (Å²) in [5, 5.41) is 15.1. The monoisotopic (exact) mass is 544 g/mol. The lowest BCUT2D eigenvalue weighted by Crippen LogP contribution is -2.55. The molecule has 1 aromatic carbocycles. The summed E-state index contributed by atoms with van der Waals surface area (Å²) in [6.45, 7) is 5.43. The van der Waals surface area contributed by atoms with Crippen molar-refractivity contribution in [3.63, 3.8) is 0 Å². The lowest BCUT2D eigenvalue weighted by Gasteiger charge is -2.43. The minimum atomic E-state index is -3.01. The van der Waals surface area contributed by atoms with Crippen LogP contribution in [0.1, 0.15) is 13.8 Å². The molecule has 0 saturated carbocycles. The van der Waals surface area contributed by atoms with E-state index in [2.05, 4.69) is 25.2 Å². The molecular weight excluding hydrogens is 511 g/mol. The maximum absolute atomic E-state index is 14.5. The zero-order chi connectivity index (χ0) is 27.2. The fourth-order valence-corrected chi connectivity index (χ4v) is 6.39. The number of aliphatic hydroxyl groups excluding tert-OH is 1. The number of halogens is 1. The van der Waals surface area contributed by atoms with E-state index in [1.54, 1.807) is 30.5 Å². The number of fused-ring (bicyclic) bond motifs is 1. The first-order valence-electron chi connectivity index (χ1n) is 12.5. The van der Waals surface area contributed by atoms with Gasteiger partial charge in [0.25, 0.3) is 0 Å². The molecule has 0 aliphatic carbocycles. The average molecular weight is 545 g/mol. The first-order valence-corrected chi connectivity index (χ1v) is 14.6. The molecule has 2 aliphatic rings. The smallest absolute Gasteiger partial charge is 0.227 e. The molecule has 2 fully saturated rings. The van der Waals surface area contributed by atoms with Gasteiger partial charge < -0.3 is 25.0 Å². The Balaban J connectivity index is 1.37. The number of hydrogen-bond acceptors (Lipinski definition) is 10. The minimum Gasteiger partial charge on any atom is -0.496 e. The van der Waals surface area contributed by atoms with E-state index in [0.29, 0.717) is 43.0 Å². The molecule has 0 unspecified atom stereocenters. The van der Waals surface area contributed by atoms with Crippen LogP contribution in [0.4, 0.5) is 27.7 Å². The van der Waals surface area contributed by atoms with Crippen LogP contribution in [0.15, 0.2) is 36.7 Å². The summed E-state index contributed by atoms with van der Waals surface area (Å²) in [7, 11) is -1.40. The van der Waals surface area contributed by atoms with E-state index in [9.17, 15) is 17.9 Å². The van der Waals surface area contributed by atoms with Crippen molar-refractivity contribution in [1.29, 1.82) is 0 Å². The average Bonchev–Trinajstić information content (AvgIpc) is 2.83. The van der Waals surface area contributed by atoms with Crippen LogP contribution in [-0.4, -0.2) is 86.0 Å². The van der Waals surface area contributed by atoms with Crippen molar-refractivity contribution < 1.29 is 22.7 Å². The number of nitrogens with one attached hydrogen (secondary N) is 1. The Morgan fingerprint density at radius 2 is 1.89 bits per heavy atom. The van der Waals surface area contributed by atoms with E-state index in [-0.39, 0.29) is 18.2 Å². The number of benzene rings is 1. The second-order valence-electron chi connectivity index (χ2n) is 11.0. The van der Waals surface area contributed by atoms with Gasteiger partial charge in [-0.15, -0.1) is 0 Å². The normalized spacial score (nSPS) is 21.8. The summed E-state index contributed by atoms with van der Waals surface area (Å²) < 4.78 is 43.3. The molecule has 12 heteroatoms. The third-order valence-electron chi connectivity index (χ3n) is 7.21. The van der Waals surface area contributed by atoms with Gasteiger partial charge in [-0.05, 0) is 24.3 Å². The van der Waals surface area contributed by atoms with E-state index >= 15 is 0 Å². The number of hydrogen-bond donors (Lipinski definition) is 2. The highest BCUT2D eigenvalue weighted by molar-refractivity contribution is 7.90. The number of anilines is 4. The summed E-state index contributed by atoms with van der Waals surface area (Å²) in [5.74, 6) is 2.42. The fourth-order valence-electron chi connectivity index (χ4n) is 5.32. The van der Waals surface area contributed by atoms with Gasteiger partial charge in [-0.25, -0.2) is 22.8 Å². The van der Waals surface area contributed by atoms with Gasteiger partial charge in [0.2, 0.25) is 5.95 Å². The summed E-state index contributed by atoms with van der Waals surface area (Å²) >= 11 is 0. The molecule has 38 heavy (non-hydrogen) atoms. The first-order chi connectivity index (χ1) is 17.9. The number of alkyl halides is 1. The van der Waals surface area contributed by atoms with Crippen LogP contribution in [0.5, 0.6) is 5.75 Å². The predicted molar refractivity (Wildman–Crippen MR) is 146 cm³/mol. The summed E-state index contributed by atoms with van der Waals surface area (Å²) in [4.78, 5) is 17.4. The van der Waals surface area contributed by atoms with Crippen molar-refractivity contribution in [2.24, 2.45) is 11.3 Å². The zero-order valence-electron chi connectivity index (χ0n) is 21.9. The summed E-state index contributed by atoms with van der Waals surface area (Å²) in [5.41, 5.74) is 0.337. The zero-order valence-corrected chi connectivity index (χ0v) is 22.7. The number of nitrogens with zero attached hydrogens (tertiary/aromatic N) is 5. The lowest BCUT2D eigenvalue weighted by atomic mass is 9.80. The van der Waals surface area contributed by atoms with Crippen LogP contribution < -0.4 is 19.9 Å². The second kappa shape index (κ2) is 9.81. The van der Waals surface area contributed by atoms with Crippen LogP contribution in [0, 0.1) is 11.3 Å². The highest BCUT2D eigenvalue weighted by Gasteiger charge is 2.42. The summed E-state index contributed by atoms with van der Waals surface area (Å²) in [6, 6.07) is 7.46. The molecule has 2 aromatic heterocycles. The van der Waals surface area contributed by atoms with Crippen LogP contribution in [0.3, 0.4) is 0 Å². The van der Waals surface area contributed by atoms with E-state index < -0.39 is 27.5 Å². The number of rotatable bonds is 7. The summed E-state index contributed by atoms with van der Waals surface area (Å²) in [6.07, 6.45) is 2.21. The van der Waals surface area contributed by atoms with Gasteiger partial charge in [0, 0.05) is 66.1 Å². The molecule has 2 atom stereocenters. The molecule has 4 heterocycles. The second-order valence-corrected chi connectivity index (χ2v) is 13.1. The molecule has 0 radical (unpaired) electrons. The van der Waals surface area contributed by atoms with Crippen LogP contribution in [-0.2, 0) is 9.84 Å². The Kier molecular flexibility index (Phi) is 6.80. The van der Waals surface area contributed by atoms with Crippen molar-refractivity contribution in [2.45, 2.75) is 26.1 Å². The third-order valence-corrected chi connectivity index (χ3v) is 8.29. The molecule has 0 amide bonds. The van der Waals surface area contributed by atoms with Gasteiger partial charge in [0.15, 0.2) is 0 Å². The van der Waals surface area contributed by atoms with Gasteiger partial charge >= 0.3 is 0 Å². The third kappa shape index (κ3) is 5.32. The molecule has 5 rings (SSSR count). The van der Waals surface area contributed by atoms with Gasteiger partial charge in [-0.3, -0.25) is 0 Å². The van der Waals surface area contributed by atoms with Crippen molar-refractivity contribution in [1.82, 2.24) is 15.0 Å². The Morgan fingerprint density at radius 1 is 1.13 bits per heavy atom. The van der Waals surface area contributed by atoms with Crippen LogP contribution in [0.2, 0.25) is 0 Å². The molecule has 2 saturated heterocycles. The minimum absolute atomic E-state index is 0.0177. The fraction of sp³-hybridized carbons (Fsp3) is 0.500. The predicted octanol–water partition coefficient (Wildman–Crippen LogP) is 2.80. The SMILES string of the molecule is COc1ccc(N2CC(CS(C)(=O)=O)C2)c2cnc(Nc3ccnc(N4C[C@@H](F)[C@@H](O)C(C)(C)C4)n3)cc12. The largest absolute Gasteiger partial charge is 0.496 e. The number of methoxy groups -OCH3 is 1. The Hall–Kier alpha value is -3.25. The van der Waals surface area contributed by atoms with E-state index in [1.807, 2.05) is 32.0 Å².